The van der Waals surface area contributed by atoms with Crippen LogP contribution in [0.1, 0.15) is 22.3 Å². The lowest BCUT2D eigenvalue weighted by Crippen LogP contribution is -2.16. The third kappa shape index (κ3) is 5.78. The summed E-state index contributed by atoms with van der Waals surface area (Å²) in [5.74, 6) is 1.80. The largest absolute Gasteiger partial charge is 0.368 e. The van der Waals surface area contributed by atoms with Gasteiger partial charge in [-0.3, -0.25) is 0 Å². The van der Waals surface area contributed by atoms with Crippen molar-refractivity contribution in [1.82, 2.24) is 19.9 Å². The lowest BCUT2D eigenvalue weighted by Gasteiger charge is -2.12. The Bertz CT molecular complexity index is 1190. The summed E-state index contributed by atoms with van der Waals surface area (Å²) in [6.07, 6.45) is 0. The summed E-state index contributed by atoms with van der Waals surface area (Å²) in [6, 6.07) is 16.4. The molecule has 0 atom stereocenters. The molecule has 34 heavy (non-hydrogen) atoms. The Labute approximate surface area is 199 Å². The second kappa shape index (κ2) is 9.74. The number of aromatic nitrogens is 4. The molecule has 6 N–H and O–H groups in total. The van der Waals surface area contributed by atoms with Gasteiger partial charge in [-0.05, 0) is 52.0 Å². The van der Waals surface area contributed by atoms with Crippen molar-refractivity contribution in [1.29, 1.82) is 0 Å². The first-order valence-electron chi connectivity index (χ1n) is 11.2. The maximum absolute atomic E-state index is 5.97. The molecule has 0 spiro atoms. The molecule has 8 heteroatoms. The second-order valence-electron chi connectivity index (χ2n) is 8.60. The van der Waals surface area contributed by atoms with Crippen molar-refractivity contribution in [2.45, 2.75) is 27.7 Å². The highest BCUT2D eigenvalue weighted by Crippen LogP contribution is 2.24. The second-order valence-corrected chi connectivity index (χ2v) is 8.60. The number of nitrogens with zero attached hydrogens (tertiary/aromatic N) is 4. The van der Waals surface area contributed by atoms with Crippen molar-refractivity contribution in [3.8, 4) is 22.5 Å². The highest BCUT2D eigenvalue weighted by atomic mass is 15.1. The van der Waals surface area contributed by atoms with Crippen molar-refractivity contribution in [2.75, 3.05) is 35.2 Å². The summed E-state index contributed by atoms with van der Waals surface area (Å²) in [5.41, 5.74) is 20.3. The molecule has 174 valence electrons. The zero-order valence-electron chi connectivity index (χ0n) is 20.0. The average molecular weight is 455 g/mol. The Morgan fingerprint density at radius 3 is 1.24 bits per heavy atom. The molecule has 0 saturated carbocycles. The predicted molar refractivity (Wildman–Crippen MR) is 140 cm³/mol. The van der Waals surface area contributed by atoms with Crippen molar-refractivity contribution < 1.29 is 0 Å². The van der Waals surface area contributed by atoms with Crippen LogP contribution in [-0.2, 0) is 0 Å². The SMILES string of the molecule is Cc1cc(C)cc(-c2cc(NCCNc3cc(-c4cc(C)cc(C)c4)nc(N)n3)nc(N)n2)c1. The number of nitrogen functional groups attached to an aromatic ring is 2. The summed E-state index contributed by atoms with van der Waals surface area (Å²) in [6.45, 7) is 9.47. The van der Waals surface area contributed by atoms with Gasteiger partial charge in [0.2, 0.25) is 11.9 Å². The summed E-state index contributed by atoms with van der Waals surface area (Å²) < 4.78 is 0. The van der Waals surface area contributed by atoms with Crippen molar-refractivity contribution >= 4 is 23.5 Å². The fourth-order valence-corrected chi connectivity index (χ4v) is 4.03. The topological polar surface area (TPSA) is 128 Å². The molecule has 2 aromatic heterocycles. The number of benzene rings is 2. The first kappa shape index (κ1) is 23.0. The van der Waals surface area contributed by atoms with E-state index in [-0.39, 0.29) is 11.9 Å². The molecule has 0 fully saturated rings. The molecule has 2 aromatic carbocycles. The van der Waals surface area contributed by atoms with E-state index in [0.717, 1.165) is 22.5 Å². The molecule has 2 heterocycles. The van der Waals surface area contributed by atoms with Crippen LogP contribution >= 0.6 is 0 Å². The summed E-state index contributed by atoms with van der Waals surface area (Å²) >= 11 is 0. The molecular formula is C26H30N8. The van der Waals surface area contributed by atoms with Crippen LogP contribution in [-0.4, -0.2) is 33.0 Å². The monoisotopic (exact) mass is 454 g/mol. The van der Waals surface area contributed by atoms with Gasteiger partial charge in [0.1, 0.15) is 11.6 Å². The van der Waals surface area contributed by atoms with Crippen molar-refractivity contribution in [2.24, 2.45) is 0 Å². The molecule has 0 unspecified atom stereocenters. The number of hydrogen-bond acceptors (Lipinski definition) is 8. The van der Waals surface area contributed by atoms with Gasteiger partial charge in [-0.2, -0.15) is 9.97 Å². The summed E-state index contributed by atoms with van der Waals surface area (Å²) in [5, 5.41) is 6.61. The van der Waals surface area contributed by atoms with Crippen LogP contribution in [0.4, 0.5) is 23.5 Å². The molecule has 0 amide bonds. The third-order valence-electron chi connectivity index (χ3n) is 5.26. The number of nitrogens with two attached hydrogens (primary N) is 2. The lowest BCUT2D eigenvalue weighted by molar-refractivity contribution is 1.03. The normalized spacial score (nSPS) is 10.8. The molecule has 8 nitrogen and oxygen atoms in total. The van der Waals surface area contributed by atoms with E-state index >= 15 is 0 Å². The molecule has 0 radical (unpaired) electrons. The average Bonchev–Trinajstić information content (AvgIpc) is 2.75. The van der Waals surface area contributed by atoms with E-state index in [4.69, 9.17) is 11.5 Å². The van der Waals surface area contributed by atoms with E-state index in [1.165, 1.54) is 22.3 Å². The van der Waals surface area contributed by atoms with E-state index < -0.39 is 0 Å². The van der Waals surface area contributed by atoms with Gasteiger partial charge >= 0.3 is 0 Å². The van der Waals surface area contributed by atoms with Gasteiger partial charge in [-0.1, -0.05) is 34.4 Å². The number of anilines is 4. The van der Waals surface area contributed by atoms with Gasteiger partial charge in [0, 0.05) is 36.3 Å². The van der Waals surface area contributed by atoms with Gasteiger partial charge in [-0.15, -0.1) is 0 Å². The van der Waals surface area contributed by atoms with E-state index in [1.54, 1.807) is 0 Å². The van der Waals surface area contributed by atoms with E-state index in [1.807, 2.05) is 12.1 Å². The van der Waals surface area contributed by atoms with Crippen molar-refractivity contribution in [3.05, 3.63) is 70.8 Å². The lowest BCUT2D eigenvalue weighted by atomic mass is 10.0. The van der Waals surface area contributed by atoms with Gasteiger partial charge in [0.05, 0.1) is 11.4 Å². The standard InChI is InChI=1S/C26H30N8/c1-15-7-16(2)10-19(9-15)21-13-23(33-25(27)31-21)29-5-6-30-24-14-22(32-26(28)34-24)20-11-17(3)8-18(4)12-20/h7-14H,5-6H2,1-4H3,(H3,27,29,31,33)(H3,28,30,32,34). The molecule has 0 saturated heterocycles. The predicted octanol–water partition coefficient (Wildman–Crippen LogP) is 4.52. The molecule has 0 aliphatic carbocycles. The molecule has 4 aromatic rings. The molecule has 0 aliphatic rings. The van der Waals surface area contributed by atoms with E-state index in [2.05, 4.69) is 94.7 Å². The fraction of sp³-hybridized carbons (Fsp3) is 0.231. The minimum atomic E-state index is 0.230. The van der Waals surface area contributed by atoms with Gasteiger partial charge in [0.15, 0.2) is 0 Å². The summed E-state index contributed by atoms with van der Waals surface area (Å²) in [4.78, 5) is 17.4. The Morgan fingerprint density at radius 1 is 0.529 bits per heavy atom. The fourth-order valence-electron chi connectivity index (χ4n) is 4.03. The zero-order valence-corrected chi connectivity index (χ0v) is 20.0. The third-order valence-corrected chi connectivity index (χ3v) is 5.26. The Balaban J connectivity index is 1.43. The molecule has 4 rings (SSSR count). The van der Waals surface area contributed by atoms with Crippen LogP contribution in [0.5, 0.6) is 0 Å². The maximum atomic E-state index is 5.97. The zero-order chi connectivity index (χ0) is 24.2. The highest BCUT2D eigenvalue weighted by Gasteiger charge is 2.08. The van der Waals surface area contributed by atoms with Crippen LogP contribution in [0.2, 0.25) is 0 Å². The number of aryl methyl sites for hydroxylation is 4. The van der Waals surface area contributed by atoms with Crippen LogP contribution in [0, 0.1) is 27.7 Å². The Hall–Kier alpha value is -4.20. The molecule has 0 bridgehead atoms. The first-order valence-corrected chi connectivity index (χ1v) is 11.2. The van der Waals surface area contributed by atoms with Crippen LogP contribution in [0.15, 0.2) is 48.5 Å². The Morgan fingerprint density at radius 2 is 0.882 bits per heavy atom. The number of hydrogen-bond donors (Lipinski definition) is 4. The quantitative estimate of drug-likeness (QED) is 0.300. The van der Waals surface area contributed by atoms with E-state index in [9.17, 15) is 0 Å². The number of rotatable bonds is 7. The number of nitrogens with one attached hydrogen (secondary N) is 2. The Kier molecular flexibility index (Phi) is 6.58. The van der Waals surface area contributed by atoms with Gasteiger partial charge in [0.25, 0.3) is 0 Å². The van der Waals surface area contributed by atoms with Gasteiger partial charge in [-0.25, -0.2) is 9.97 Å². The molecular weight excluding hydrogens is 424 g/mol. The van der Waals surface area contributed by atoms with Gasteiger partial charge < -0.3 is 22.1 Å². The molecule has 0 aliphatic heterocycles. The van der Waals surface area contributed by atoms with E-state index in [0.29, 0.717) is 24.7 Å². The van der Waals surface area contributed by atoms with Crippen LogP contribution in [0.3, 0.4) is 0 Å². The maximum Gasteiger partial charge on any atom is 0.222 e. The minimum absolute atomic E-state index is 0.230. The van der Waals surface area contributed by atoms with Crippen LogP contribution < -0.4 is 22.1 Å². The van der Waals surface area contributed by atoms with Crippen LogP contribution in [0.25, 0.3) is 22.5 Å². The summed E-state index contributed by atoms with van der Waals surface area (Å²) in [7, 11) is 0. The first-order chi connectivity index (χ1) is 16.2. The van der Waals surface area contributed by atoms with Crippen molar-refractivity contribution in [3.63, 3.8) is 0 Å². The minimum Gasteiger partial charge on any atom is -0.368 e. The highest BCUT2D eigenvalue weighted by molar-refractivity contribution is 5.67. The smallest absolute Gasteiger partial charge is 0.222 e.